The average molecular weight is 381 g/mol. The van der Waals surface area contributed by atoms with E-state index in [-0.39, 0.29) is 0 Å². The molecular weight excluding hydrogens is 356 g/mol. The minimum Gasteiger partial charge on any atom is -0.361 e. The van der Waals surface area contributed by atoms with Crippen LogP contribution in [0.15, 0.2) is 38.7 Å². The van der Waals surface area contributed by atoms with Gasteiger partial charge in [0.1, 0.15) is 5.76 Å². The number of thioether (sulfide) groups is 1. The van der Waals surface area contributed by atoms with E-state index in [2.05, 4.69) is 27.7 Å². The number of aliphatic imine (C=N–C) groups is 1. The number of hydrogen-bond donors (Lipinski definition) is 2. The van der Waals surface area contributed by atoms with E-state index in [1.807, 2.05) is 38.1 Å². The Hall–Kier alpha value is -1.66. The summed E-state index contributed by atoms with van der Waals surface area (Å²) in [6.07, 6.45) is 0.831. The van der Waals surface area contributed by atoms with Crippen LogP contribution in [0.25, 0.3) is 0 Å². The summed E-state index contributed by atoms with van der Waals surface area (Å²) in [6.45, 7) is 8.34. The Morgan fingerprint density at radius 3 is 2.64 bits per heavy atom. The van der Waals surface area contributed by atoms with E-state index in [1.165, 1.54) is 4.90 Å². The van der Waals surface area contributed by atoms with Gasteiger partial charge in [0.2, 0.25) is 0 Å². The van der Waals surface area contributed by atoms with Crippen molar-refractivity contribution in [1.82, 2.24) is 15.8 Å². The molecule has 0 saturated carbocycles. The Morgan fingerprint density at radius 2 is 2.00 bits per heavy atom. The van der Waals surface area contributed by atoms with E-state index < -0.39 is 0 Å². The number of guanidine groups is 1. The molecule has 0 saturated heterocycles. The monoisotopic (exact) mass is 380 g/mol. The first-order valence-corrected chi connectivity index (χ1v) is 9.78. The minimum absolute atomic E-state index is 0.697. The van der Waals surface area contributed by atoms with Crippen molar-refractivity contribution in [2.45, 2.75) is 32.1 Å². The highest BCUT2D eigenvalue weighted by Gasteiger charge is 2.08. The summed E-state index contributed by atoms with van der Waals surface area (Å²) in [7, 11) is 0. The number of nitrogens with one attached hydrogen (secondary N) is 2. The van der Waals surface area contributed by atoms with Gasteiger partial charge >= 0.3 is 0 Å². The lowest BCUT2D eigenvalue weighted by Crippen LogP contribution is -2.38. The molecule has 0 atom stereocenters. The zero-order chi connectivity index (χ0) is 18.1. The third-order valence-corrected chi connectivity index (χ3v) is 4.90. The van der Waals surface area contributed by atoms with Gasteiger partial charge in [0.15, 0.2) is 5.96 Å². The molecule has 0 unspecified atom stereocenters. The SMILES string of the molecule is CCNC(=NCCc1c(C)noc1C)NCCSc1ccc(Cl)cc1. The van der Waals surface area contributed by atoms with Crippen LogP contribution in [0, 0.1) is 13.8 Å². The first-order valence-electron chi connectivity index (χ1n) is 8.42. The summed E-state index contributed by atoms with van der Waals surface area (Å²) in [4.78, 5) is 5.84. The summed E-state index contributed by atoms with van der Waals surface area (Å²) in [5.41, 5.74) is 2.10. The first kappa shape index (κ1) is 19.7. The lowest BCUT2D eigenvalue weighted by molar-refractivity contribution is 0.392. The molecule has 5 nitrogen and oxygen atoms in total. The fraction of sp³-hybridized carbons (Fsp3) is 0.444. The third kappa shape index (κ3) is 6.63. The van der Waals surface area contributed by atoms with Gasteiger partial charge < -0.3 is 15.2 Å². The van der Waals surface area contributed by atoms with Gasteiger partial charge in [-0.25, -0.2) is 0 Å². The van der Waals surface area contributed by atoms with Gasteiger partial charge in [-0.2, -0.15) is 0 Å². The molecule has 0 aliphatic carbocycles. The van der Waals surface area contributed by atoms with Crippen molar-refractivity contribution in [2.24, 2.45) is 4.99 Å². The Kier molecular flexibility index (Phi) is 8.15. The summed E-state index contributed by atoms with van der Waals surface area (Å²) < 4.78 is 5.19. The zero-order valence-corrected chi connectivity index (χ0v) is 16.5. The number of nitrogens with zero attached hydrogens (tertiary/aromatic N) is 2. The predicted octanol–water partition coefficient (Wildman–Crippen LogP) is 3.83. The summed E-state index contributed by atoms with van der Waals surface area (Å²) in [5, 5.41) is 11.4. The van der Waals surface area contributed by atoms with Gasteiger partial charge in [-0.15, -0.1) is 11.8 Å². The maximum absolute atomic E-state index is 5.90. The van der Waals surface area contributed by atoms with Crippen molar-refractivity contribution in [1.29, 1.82) is 0 Å². The number of benzene rings is 1. The number of halogens is 1. The maximum atomic E-state index is 5.90. The fourth-order valence-corrected chi connectivity index (χ4v) is 3.24. The minimum atomic E-state index is 0.697. The van der Waals surface area contributed by atoms with Crippen LogP contribution >= 0.6 is 23.4 Å². The molecular formula is C18H25ClN4OS. The highest BCUT2D eigenvalue weighted by molar-refractivity contribution is 7.99. The standard InChI is InChI=1S/C18H25ClN4OS/c1-4-20-18(21-10-9-17-13(2)23-24-14(17)3)22-11-12-25-16-7-5-15(19)6-8-16/h5-8H,4,9-12H2,1-3H3,(H2,20,21,22). The molecule has 2 N–H and O–H groups in total. The Balaban J connectivity index is 1.76. The highest BCUT2D eigenvalue weighted by atomic mass is 35.5. The van der Waals surface area contributed by atoms with Crippen LogP contribution in [-0.4, -0.2) is 36.5 Å². The van der Waals surface area contributed by atoms with Crippen LogP contribution in [0.3, 0.4) is 0 Å². The van der Waals surface area contributed by atoms with E-state index in [9.17, 15) is 0 Å². The smallest absolute Gasteiger partial charge is 0.191 e. The van der Waals surface area contributed by atoms with Gasteiger partial charge in [0.25, 0.3) is 0 Å². The summed E-state index contributed by atoms with van der Waals surface area (Å²) in [5.74, 6) is 2.67. The van der Waals surface area contributed by atoms with E-state index in [4.69, 9.17) is 16.1 Å². The second-order valence-corrected chi connectivity index (χ2v) is 7.15. The third-order valence-electron chi connectivity index (χ3n) is 3.63. The van der Waals surface area contributed by atoms with Crippen LogP contribution in [0.1, 0.15) is 23.9 Å². The van der Waals surface area contributed by atoms with Crippen LogP contribution in [0.5, 0.6) is 0 Å². The fourth-order valence-electron chi connectivity index (χ4n) is 2.35. The Labute approximate surface area is 158 Å². The van der Waals surface area contributed by atoms with Gasteiger partial charge in [-0.3, -0.25) is 4.99 Å². The predicted molar refractivity (Wildman–Crippen MR) is 106 cm³/mol. The molecule has 1 heterocycles. The topological polar surface area (TPSA) is 62.5 Å². The zero-order valence-electron chi connectivity index (χ0n) is 14.9. The molecule has 136 valence electrons. The molecule has 2 rings (SSSR count). The van der Waals surface area contributed by atoms with Crippen molar-refractivity contribution in [2.75, 3.05) is 25.4 Å². The van der Waals surface area contributed by atoms with Crippen LogP contribution in [-0.2, 0) is 6.42 Å². The van der Waals surface area contributed by atoms with Gasteiger partial charge in [-0.1, -0.05) is 16.8 Å². The molecule has 0 amide bonds. The summed E-state index contributed by atoms with van der Waals surface area (Å²) >= 11 is 7.69. The van der Waals surface area contributed by atoms with Crippen molar-refractivity contribution in [3.8, 4) is 0 Å². The van der Waals surface area contributed by atoms with Crippen molar-refractivity contribution in [3.05, 3.63) is 46.3 Å². The molecule has 0 aliphatic rings. The van der Waals surface area contributed by atoms with Crippen molar-refractivity contribution >= 4 is 29.3 Å². The van der Waals surface area contributed by atoms with Gasteiger partial charge in [-0.05, 0) is 51.5 Å². The van der Waals surface area contributed by atoms with E-state index in [1.54, 1.807) is 11.8 Å². The average Bonchev–Trinajstić information content (AvgIpc) is 2.92. The molecule has 1 aromatic heterocycles. The quantitative estimate of drug-likeness (QED) is 0.315. The summed E-state index contributed by atoms with van der Waals surface area (Å²) in [6, 6.07) is 7.90. The second kappa shape index (κ2) is 10.4. The van der Waals surface area contributed by atoms with Crippen molar-refractivity contribution in [3.63, 3.8) is 0 Å². The number of rotatable bonds is 8. The highest BCUT2D eigenvalue weighted by Crippen LogP contribution is 2.19. The molecule has 0 aliphatic heterocycles. The van der Waals surface area contributed by atoms with Gasteiger partial charge in [0, 0.05) is 40.9 Å². The van der Waals surface area contributed by atoms with Crippen LogP contribution in [0.2, 0.25) is 5.02 Å². The number of aryl methyl sites for hydroxylation is 2. The Bertz CT molecular complexity index is 665. The molecule has 7 heteroatoms. The normalized spacial score (nSPS) is 11.6. The Morgan fingerprint density at radius 1 is 1.24 bits per heavy atom. The lowest BCUT2D eigenvalue weighted by Gasteiger charge is -2.11. The number of hydrogen-bond acceptors (Lipinski definition) is 4. The molecule has 2 aromatic rings. The molecule has 0 fully saturated rings. The molecule has 0 radical (unpaired) electrons. The molecule has 0 spiro atoms. The molecule has 1 aromatic carbocycles. The number of aromatic nitrogens is 1. The van der Waals surface area contributed by atoms with Crippen molar-refractivity contribution < 1.29 is 4.52 Å². The van der Waals surface area contributed by atoms with E-state index >= 15 is 0 Å². The first-order chi connectivity index (χ1) is 12.1. The van der Waals surface area contributed by atoms with Crippen LogP contribution in [0.4, 0.5) is 0 Å². The van der Waals surface area contributed by atoms with E-state index in [0.29, 0.717) is 6.54 Å². The largest absolute Gasteiger partial charge is 0.361 e. The molecule has 25 heavy (non-hydrogen) atoms. The lowest BCUT2D eigenvalue weighted by atomic mass is 10.1. The van der Waals surface area contributed by atoms with E-state index in [0.717, 1.165) is 53.3 Å². The molecule has 0 bridgehead atoms. The van der Waals surface area contributed by atoms with Crippen LogP contribution < -0.4 is 10.6 Å². The van der Waals surface area contributed by atoms with Gasteiger partial charge in [0.05, 0.1) is 5.69 Å². The maximum Gasteiger partial charge on any atom is 0.191 e. The second-order valence-electron chi connectivity index (χ2n) is 5.54.